The molecule has 7 rings (SSSR count). The number of aliphatic hydroxyl groups excluding tert-OH is 1. The zero-order valence-corrected chi connectivity index (χ0v) is 28.1. The van der Waals surface area contributed by atoms with Crippen LogP contribution < -0.4 is 9.64 Å². The van der Waals surface area contributed by atoms with Gasteiger partial charge in [0.25, 0.3) is 5.78 Å². The minimum Gasteiger partial charge on any atom is -0.507 e. The first kappa shape index (κ1) is 31.6. The number of aryl methyl sites for hydroxylation is 1. The number of halogens is 1. The number of thioether (sulfide) groups is 1. The Kier molecular flexibility index (Phi) is 8.99. The molecule has 0 radical (unpaired) electrons. The molecular formula is C38H28ClN3O4S2. The van der Waals surface area contributed by atoms with Gasteiger partial charge >= 0.3 is 5.91 Å². The quantitative estimate of drug-likeness (QED) is 0.0532. The van der Waals surface area contributed by atoms with Crippen LogP contribution in [-0.2, 0) is 21.9 Å². The fourth-order valence-corrected chi connectivity index (χ4v) is 7.70. The molecule has 1 aromatic heterocycles. The van der Waals surface area contributed by atoms with E-state index in [0.29, 0.717) is 38.6 Å². The summed E-state index contributed by atoms with van der Waals surface area (Å²) in [6.07, 6.45) is 0. The summed E-state index contributed by atoms with van der Waals surface area (Å²) in [6, 6.07) is 35.1. The van der Waals surface area contributed by atoms with E-state index in [4.69, 9.17) is 16.3 Å². The Morgan fingerprint density at radius 3 is 2.38 bits per heavy atom. The first-order valence-electron chi connectivity index (χ1n) is 15.1. The number of aliphatic hydroxyl groups is 1. The fraction of sp³-hybridized carbons (Fsp3) is 0.105. The van der Waals surface area contributed by atoms with Crippen molar-refractivity contribution >= 4 is 68.1 Å². The predicted octanol–water partition coefficient (Wildman–Crippen LogP) is 9.15. The number of carbonyl (C=O) groups is 2. The number of rotatable bonds is 9. The summed E-state index contributed by atoms with van der Waals surface area (Å²) in [6.45, 7) is 2.42. The maximum atomic E-state index is 13.7. The average molecular weight is 690 g/mol. The maximum Gasteiger partial charge on any atom is 0.301 e. The lowest BCUT2D eigenvalue weighted by molar-refractivity contribution is -0.132. The number of benzene rings is 5. The van der Waals surface area contributed by atoms with Crippen molar-refractivity contribution in [3.8, 4) is 5.75 Å². The summed E-state index contributed by atoms with van der Waals surface area (Å²) in [7, 11) is 0. The lowest BCUT2D eigenvalue weighted by atomic mass is 9.95. The van der Waals surface area contributed by atoms with Gasteiger partial charge in [-0.1, -0.05) is 114 Å². The molecule has 2 heterocycles. The van der Waals surface area contributed by atoms with Gasteiger partial charge < -0.3 is 9.84 Å². The van der Waals surface area contributed by atoms with Crippen LogP contribution in [-0.4, -0.2) is 27.0 Å². The first-order valence-corrected chi connectivity index (χ1v) is 17.3. The SMILES string of the molecule is Cc1ccccc1COc1ccc(C(O)=C2C(=O)C(=O)N(c3nnc(SCc4cccc5ccccc45)s3)C2c2ccc(Cl)cc2)cc1. The second kappa shape index (κ2) is 13.6. The Morgan fingerprint density at radius 2 is 1.58 bits per heavy atom. The highest BCUT2D eigenvalue weighted by molar-refractivity contribution is 8.00. The number of carbonyl (C=O) groups excluding carboxylic acids is 2. The zero-order valence-electron chi connectivity index (χ0n) is 25.7. The number of ether oxygens (including phenoxy) is 1. The third kappa shape index (κ3) is 6.32. The van der Waals surface area contributed by atoms with E-state index in [9.17, 15) is 14.7 Å². The third-order valence-electron chi connectivity index (χ3n) is 8.25. The van der Waals surface area contributed by atoms with Crippen molar-refractivity contribution in [1.82, 2.24) is 10.2 Å². The molecule has 5 aromatic carbocycles. The van der Waals surface area contributed by atoms with Crippen molar-refractivity contribution in [2.75, 3.05) is 4.90 Å². The Bertz CT molecular complexity index is 2180. The largest absolute Gasteiger partial charge is 0.507 e. The van der Waals surface area contributed by atoms with Gasteiger partial charge in [0, 0.05) is 16.3 Å². The summed E-state index contributed by atoms with van der Waals surface area (Å²) in [5, 5.41) is 23.3. The number of fused-ring (bicyclic) bond motifs is 1. The Morgan fingerprint density at radius 1 is 0.875 bits per heavy atom. The standard InChI is InChI=1S/C38H28ClN3O4S2/c1-23-7-2-3-9-27(23)21-46-30-19-15-26(16-20-30)34(43)32-33(25-13-17-29(39)18-14-25)42(36(45)35(32)44)37-40-41-38(48-37)47-22-28-11-6-10-24-8-4-5-12-31(24)28/h2-20,33,43H,21-22H2,1H3. The van der Waals surface area contributed by atoms with E-state index in [1.165, 1.54) is 28.0 Å². The molecule has 1 aliphatic rings. The van der Waals surface area contributed by atoms with Gasteiger partial charge in [-0.15, -0.1) is 10.2 Å². The number of hydrogen-bond donors (Lipinski definition) is 1. The van der Waals surface area contributed by atoms with Crippen molar-refractivity contribution in [3.63, 3.8) is 0 Å². The smallest absolute Gasteiger partial charge is 0.301 e. The first-order chi connectivity index (χ1) is 23.4. The summed E-state index contributed by atoms with van der Waals surface area (Å²) in [5.74, 6) is -0.646. The molecule has 7 nitrogen and oxygen atoms in total. The normalized spacial score (nSPS) is 15.7. The van der Waals surface area contributed by atoms with E-state index in [1.54, 1.807) is 48.5 Å². The Labute approximate surface area is 290 Å². The minimum atomic E-state index is -0.942. The van der Waals surface area contributed by atoms with E-state index in [-0.39, 0.29) is 16.5 Å². The van der Waals surface area contributed by atoms with Gasteiger partial charge in [-0.2, -0.15) is 0 Å². The number of aromatic nitrogens is 2. The van der Waals surface area contributed by atoms with Crippen molar-refractivity contribution in [3.05, 3.63) is 154 Å². The van der Waals surface area contributed by atoms with Crippen LogP contribution >= 0.6 is 34.7 Å². The molecule has 1 saturated heterocycles. The van der Waals surface area contributed by atoms with Gasteiger partial charge in [0.1, 0.15) is 18.1 Å². The average Bonchev–Trinajstić information content (AvgIpc) is 3.68. The van der Waals surface area contributed by atoms with Crippen LogP contribution in [0, 0.1) is 6.92 Å². The maximum absolute atomic E-state index is 13.7. The van der Waals surface area contributed by atoms with Gasteiger partial charge in [0.2, 0.25) is 5.13 Å². The molecule has 1 amide bonds. The molecule has 48 heavy (non-hydrogen) atoms. The molecule has 0 spiro atoms. The van der Waals surface area contributed by atoms with E-state index >= 15 is 0 Å². The van der Waals surface area contributed by atoms with Crippen molar-refractivity contribution in [2.45, 2.75) is 29.7 Å². The summed E-state index contributed by atoms with van der Waals surface area (Å²) in [5.41, 5.74) is 4.28. The number of hydrogen-bond acceptors (Lipinski definition) is 8. The number of amides is 1. The van der Waals surface area contributed by atoms with Gasteiger partial charge in [-0.25, -0.2) is 0 Å². The van der Waals surface area contributed by atoms with Crippen LogP contribution in [0.15, 0.2) is 125 Å². The van der Waals surface area contributed by atoms with Crippen LogP contribution in [0.1, 0.15) is 33.9 Å². The Balaban J connectivity index is 1.18. The van der Waals surface area contributed by atoms with Gasteiger partial charge in [-0.05, 0) is 76.3 Å². The van der Waals surface area contributed by atoms with E-state index in [1.807, 2.05) is 49.4 Å². The monoisotopic (exact) mass is 689 g/mol. The number of ketones is 1. The molecular weight excluding hydrogens is 662 g/mol. The summed E-state index contributed by atoms with van der Waals surface area (Å²) < 4.78 is 6.61. The van der Waals surface area contributed by atoms with Crippen LogP contribution in [0.3, 0.4) is 0 Å². The predicted molar refractivity (Wildman–Crippen MR) is 192 cm³/mol. The highest BCUT2D eigenvalue weighted by atomic mass is 35.5. The minimum absolute atomic E-state index is 0.0453. The molecule has 0 saturated carbocycles. The lowest BCUT2D eigenvalue weighted by Crippen LogP contribution is -2.29. The number of anilines is 1. The van der Waals surface area contributed by atoms with E-state index in [0.717, 1.165) is 27.5 Å². The molecule has 1 unspecified atom stereocenters. The number of nitrogens with zero attached hydrogens (tertiary/aromatic N) is 3. The molecule has 1 fully saturated rings. The zero-order chi connectivity index (χ0) is 33.2. The molecule has 1 N–H and O–H groups in total. The summed E-state index contributed by atoms with van der Waals surface area (Å²) >= 11 is 8.93. The van der Waals surface area contributed by atoms with Crippen molar-refractivity contribution in [1.29, 1.82) is 0 Å². The van der Waals surface area contributed by atoms with Crippen LogP contribution in [0.25, 0.3) is 16.5 Å². The second-order valence-corrected chi connectivity index (χ2v) is 13.9. The van der Waals surface area contributed by atoms with Gasteiger partial charge in [0.05, 0.1) is 11.6 Å². The summed E-state index contributed by atoms with van der Waals surface area (Å²) in [4.78, 5) is 28.6. The lowest BCUT2D eigenvalue weighted by Gasteiger charge is -2.22. The number of Topliss-reactive ketones (excluding diaryl/α,β-unsaturated/α-hetero) is 1. The highest BCUT2D eigenvalue weighted by Gasteiger charge is 2.48. The molecule has 1 atom stereocenters. The molecule has 0 aliphatic carbocycles. The van der Waals surface area contributed by atoms with Crippen LogP contribution in [0.4, 0.5) is 5.13 Å². The highest BCUT2D eigenvalue weighted by Crippen LogP contribution is 2.44. The van der Waals surface area contributed by atoms with E-state index < -0.39 is 17.7 Å². The molecule has 1 aliphatic heterocycles. The van der Waals surface area contributed by atoms with Crippen molar-refractivity contribution < 1.29 is 19.4 Å². The molecule has 238 valence electrons. The molecule has 10 heteroatoms. The fourth-order valence-electron chi connectivity index (χ4n) is 5.70. The van der Waals surface area contributed by atoms with Gasteiger partial charge in [0.15, 0.2) is 4.34 Å². The topological polar surface area (TPSA) is 92.6 Å². The molecule has 0 bridgehead atoms. The van der Waals surface area contributed by atoms with E-state index in [2.05, 4.69) is 34.5 Å². The van der Waals surface area contributed by atoms with Crippen LogP contribution in [0.5, 0.6) is 5.75 Å². The van der Waals surface area contributed by atoms with Crippen LogP contribution in [0.2, 0.25) is 5.02 Å². The second-order valence-electron chi connectivity index (χ2n) is 11.2. The van der Waals surface area contributed by atoms with Crippen molar-refractivity contribution in [2.24, 2.45) is 0 Å². The Hall–Kier alpha value is -4.96. The van der Waals surface area contributed by atoms with Gasteiger partial charge in [-0.3, -0.25) is 14.5 Å². The third-order valence-corrected chi connectivity index (χ3v) is 10.6. The molecule has 6 aromatic rings.